The minimum absolute atomic E-state index is 0.0991. The van der Waals surface area contributed by atoms with Crippen molar-refractivity contribution < 1.29 is 13.9 Å². The van der Waals surface area contributed by atoms with E-state index in [-0.39, 0.29) is 17.8 Å². The molecule has 33 heavy (non-hydrogen) atoms. The summed E-state index contributed by atoms with van der Waals surface area (Å²) in [7, 11) is 0. The van der Waals surface area contributed by atoms with E-state index in [1.54, 1.807) is 21.7 Å². The summed E-state index contributed by atoms with van der Waals surface area (Å²) < 4.78 is 21.9. The molecule has 1 aromatic heterocycles. The summed E-state index contributed by atoms with van der Waals surface area (Å²) in [5, 5.41) is 7.84. The summed E-state index contributed by atoms with van der Waals surface area (Å²) in [6.07, 6.45) is 1.69. The van der Waals surface area contributed by atoms with E-state index in [2.05, 4.69) is 19.2 Å². The number of carbonyl (C=O) groups is 1. The number of nitrogens with one attached hydrogen (secondary N) is 1. The molecule has 6 nitrogen and oxygen atoms in total. The molecule has 0 aliphatic rings. The molecule has 3 aromatic rings. The Hall–Kier alpha value is -3.35. The number of nitrogens with zero attached hydrogens (tertiary/aromatic N) is 3. The van der Waals surface area contributed by atoms with Gasteiger partial charge in [-0.3, -0.25) is 0 Å². The van der Waals surface area contributed by atoms with Gasteiger partial charge in [-0.1, -0.05) is 52.0 Å². The Labute approximate surface area is 195 Å². The van der Waals surface area contributed by atoms with Gasteiger partial charge in [-0.15, -0.1) is 0 Å². The van der Waals surface area contributed by atoms with Crippen LogP contribution in [0.2, 0.25) is 0 Å². The summed E-state index contributed by atoms with van der Waals surface area (Å²) >= 11 is 0. The van der Waals surface area contributed by atoms with Crippen LogP contribution in [0.1, 0.15) is 57.7 Å². The Balaban J connectivity index is 2.11. The molecule has 3 rings (SSSR count). The van der Waals surface area contributed by atoms with Crippen molar-refractivity contribution in [2.24, 2.45) is 0 Å². The van der Waals surface area contributed by atoms with Gasteiger partial charge in [0.05, 0.1) is 23.5 Å². The second kappa shape index (κ2) is 11.5. The van der Waals surface area contributed by atoms with Crippen LogP contribution >= 0.6 is 0 Å². The number of hydrogen-bond donors (Lipinski definition) is 1. The number of para-hydroxylation sites is 1. The number of rotatable bonds is 10. The first-order valence-electron chi connectivity index (χ1n) is 11.6. The van der Waals surface area contributed by atoms with Crippen molar-refractivity contribution in [2.75, 3.05) is 13.1 Å². The van der Waals surface area contributed by atoms with E-state index in [1.165, 1.54) is 12.1 Å². The van der Waals surface area contributed by atoms with E-state index in [9.17, 15) is 9.18 Å². The molecule has 0 fully saturated rings. The maximum absolute atomic E-state index is 13.9. The molecule has 0 bridgehead atoms. The first kappa shape index (κ1) is 24.3. The van der Waals surface area contributed by atoms with Crippen molar-refractivity contribution in [2.45, 2.75) is 53.0 Å². The first-order chi connectivity index (χ1) is 15.9. The van der Waals surface area contributed by atoms with Crippen LogP contribution < -0.4 is 10.1 Å². The second-order valence-corrected chi connectivity index (χ2v) is 8.28. The lowest BCUT2D eigenvalue weighted by atomic mass is 10.1. The summed E-state index contributed by atoms with van der Waals surface area (Å²) in [5.74, 6) is 0.582. The number of urea groups is 1. The van der Waals surface area contributed by atoms with Crippen LogP contribution in [-0.2, 0) is 6.54 Å². The van der Waals surface area contributed by atoms with Gasteiger partial charge in [0.1, 0.15) is 11.6 Å². The average Bonchev–Trinajstić information content (AvgIpc) is 3.16. The standard InChI is InChI=1S/C26H33FN4O2/c1-5-15-28-26(32)30(16-6-2)18-23-24(19(3)4)29-31(21-12-8-7-9-13-21)25(23)33-22-14-10-11-20(27)17-22/h7-14,17,19H,5-6,15-16,18H2,1-4H3,(H,28,32). The van der Waals surface area contributed by atoms with Gasteiger partial charge in [0, 0.05) is 19.2 Å². The zero-order valence-corrected chi connectivity index (χ0v) is 19.8. The predicted octanol–water partition coefficient (Wildman–Crippen LogP) is 6.26. The zero-order valence-electron chi connectivity index (χ0n) is 19.8. The van der Waals surface area contributed by atoms with Crippen molar-refractivity contribution in [1.82, 2.24) is 20.0 Å². The average molecular weight is 453 g/mol. The number of hydrogen-bond acceptors (Lipinski definition) is 3. The highest BCUT2D eigenvalue weighted by Crippen LogP contribution is 2.35. The maximum atomic E-state index is 13.9. The van der Waals surface area contributed by atoms with Crippen LogP contribution in [0.5, 0.6) is 11.6 Å². The van der Waals surface area contributed by atoms with Crippen molar-refractivity contribution >= 4 is 6.03 Å². The number of aromatic nitrogens is 2. The third-order valence-corrected chi connectivity index (χ3v) is 5.18. The van der Waals surface area contributed by atoms with Crippen molar-refractivity contribution in [3.63, 3.8) is 0 Å². The van der Waals surface area contributed by atoms with Crippen molar-refractivity contribution in [3.05, 3.63) is 71.7 Å². The second-order valence-electron chi connectivity index (χ2n) is 8.28. The smallest absolute Gasteiger partial charge is 0.317 e. The van der Waals surface area contributed by atoms with E-state index in [0.29, 0.717) is 31.3 Å². The van der Waals surface area contributed by atoms with Crippen LogP contribution in [0.3, 0.4) is 0 Å². The zero-order chi connectivity index (χ0) is 23.8. The molecule has 0 saturated heterocycles. The van der Waals surface area contributed by atoms with E-state index >= 15 is 0 Å². The Morgan fingerprint density at radius 2 is 1.88 bits per heavy atom. The lowest BCUT2D eigenvalue weighted by Gasteiger charge is -2.23. The van der Waals surface area contributed by atoms with Crippen LogP contribution in [0.4, 0.5) is 9.18 Å². The molecule has 0 aliphatic carbocycles. The minimum atomic E-state index is -0.379. The number of amides is 2. The molecule has 0 spiro atoms. The molecule has 2 aromatic carbocycles. The number of carbonyl (C=O) groups excluding carboxylic acids is 1. The first-order valence-corrected chi connectivity index (χ1v) is 11.6. The Morgan fingerprint density at radius 1 is 1.12 bits per heavy atom. The molecular weight excluding hydrogens is 419 g/mol. The van der Waals surface area contributed by atoms with Gasteiger partial charge in [0.2, 0.25) is 5.88 Å². The van der Waals surface area contributed by atoms with Gasteiger partial charge in [-0.2, -0.15) is 5.10 Å². The summed E-state index contributed by atoms with van der Waals surface area (Å²) in [6, 6.07) is 15.6. The van der Waals surface area contributed by atoms with Crippen molar-refractivity contribution in [3.8, 4) is 17.3 Å². The molecular formula is C26H33FN4O2. The molecule has 7 heteroatoms. The topological polar surface area (TPSA) is 59.4 Å². The lowest BCUT2D eigenvalue weighted by molar-refractivity contribution is 0.194. The van der Waals surface area contributed by atoms with Gasteiger partial charge in [-0.05, 0) is 43.0 Å². The Morgan fingerprint density at radius 3 is 2.52 bits per heavy atom. The van der Waals surface area contributed by atoms with Gasteiger partial charge < -0.3 is 15.0 Å². The fraction of sp³-hybridized carbons (Fsp3) is 0.385. The predicted molar refractivity (Wildman–Crippen MR) is 129 cm³/mol. The molecule has 1 N–H and O–H groups in total. The van der Waals surface area contributed by atoms with E-state index < -0.39 is 0 Å². The molecule has 0 unspecified atom stereocenters. The highest BCUT2D eigenvalue weighted by atomic mass is 19.1. The van der Waals surface area contributed by atoms with Gasteiger partial charge in [-0.25, -0.2) is 13.9 Å². The summed E-state index contributed by atoms with van der Waals surface area (Å²) in [4.78, 5) is 14.6. The van der Waals surface area contributed by atoms with Crippen LogP contribution in [0.15, 0.2) is 54.6 Å². The minimum Gasteiger partial charge on any atom is -0.438 e. The molecule has 1 heterocycles. The van der Waals surface area contributed by atoms with Crippen molar-refractivity contribution in [1.29, 1.82) is 0 Å². The molecule has 0 radical (unpaired) electrons. The Kier molecular flexibility index (Phi) is 8.46. The maximum Gasteiger partial charge on any atom is 0.317 e. The molecule has 2 amide bonds. The monoisotopic (exact) mass is 452 g/mol. The highest BCUT2D eigenvalue weighted by molar-refractivity contribution is 5.74. The van der Waals surface area contributed by atoms with Gasteiger partial charge in [0.25, 0.3) is 0 Å². The Bertz CT molecular complexity index is 1050. The number of halogens is 1. The van der Waals surface area contributed by atoms with Gasteiger partial charge in [0.15, 0.2) is 0 Å². The third-order valence-electron chi connectivity index (χ3n) is 5.18. The molecule has 0 aliphatic heterocycles. The lowest BCUT2D eigenvalue weighted by Crippen LogP contribution is -2.40. The van der Waals surface area contributed by atoms with Crippen LogP contribution in [-0.4, -0.2) is 33.8 Å². The molecule has 0 atom stereocenters. The summed E-state index contributed by atoms with van der Waals surface area (Å²) in [5.41, 5.74) is 2.49. The fourth-order valence-corrected chi connectivity index (χ4v) is 3.61. The highest BCUT2D eigenvalue weighted by Gasteiger charge is 2.26. The van der Waals surface area contributed by atoms with Crippen LogP contribution in [0, 0.1) is 5.82 Å². The van der Waals surface area contributed by atoms with Gasteiger partial charge >= 0.3 is 6.03 Å². The van der Waals surface area contributed by atoms with E-state index in [4.69, 9.17) is 9.84 Å². The summed E-state index contributed by atoms with van der Waals surface area (Å²) in [6.45, 7) is 9.75. The number of benzene rings is 2. The number of ether oxygens (including phenoxy) is 1. The molecule has 176 valence electrons. The molecule has 0 saturated carbocycles. The van der Waals surface area contributed by atoms with Crippen LogP contribution in [0.25, 0.3) is 5.69 Å². The third kappa shape index (κ3) is 6.12. The SMILES string of the molecule is CCCNC(=O)N(CCC)Cc1c(C(C)C)nn(-c2ccccc2)c1Oc1cccc(F)c1. The fourth-order valence-electron chi connectivity index (χ4n) is 3.61. The quantitative estimate of drug-likeness (QED) is 0.395. The normalized spacial score (nSPS) is 11.0. The van der Waals surface area contributed by atoms with E-state index in [1.807, 2.05) is 44.2 Å². The largest absolute Gasteiger partial charge is 0.438 e. The van der Waals surface area contributed by atoms with E-state index in [0.717, 1.165) is 29.8 Å².